The van der Waals surface area contributed by atoms with Crippen LogP contribution in [0.1, 0.15) is 37.8 Å². The maximum Gasteiger partial charge on any atom is 0.209 e. The van der Waals surface area contributed by atoms with Crippen LogP contribution in [-0.4, -0.2) is 51.9 Å². The molecule has 2 saturated carbocycles. The van der Waals surface area contributed by atoms with Gasteiger partial charge < -0.3 is 0 Å². The van der Waals surface area contributed by atoms with Crippen LogP contribution < -0.4 is 0 Å². The standard InChI is InChI=1S/C12H16N8S2/c1(7-21-11-13-15-17-19(11)9-3-4-9)2-8-22-12-14-16-18-20(12)10-5-6-10/h1-2,9-10H,3-8H2/b2-1+. The number of hydrogen-bond donors (Lipinski definition) is 0. The minimum atomic E-state index is 0.526. The molecule has 0 aliphatic heterocycles. The van der Waals surface area contributed by atoms with Crippen molar-refractivity contribution in [1.29, 1.82) is 0 Å². The molecular formula is C12H16N8S2. The largest absolute Gasteiger partial charge is 0.217 e. The number of aromatic nitrogens is 8. The predicted octanol–water partition coefficient (Wildman–Crippen LogP) is 1.77. The van der Waals surface area contributed by atoms with Crippen molar-refractivity contribution >= 4 is 23.5 Å². The zero-order valence-corrected chi connectivity index (χ0v) is 13.6. The Labute approximate surface area is 136 Å². The van der Waals surface area contributed by atoms with E-state index in [9.17, 15) is 0 Å². The van der Waals surface area contributed by atoms with Gasteiger partial charge in [-0.2, -0.15) is 0 Å². The van der Waals surface area contributed by atoms with Crippen LogP contribution in [0.4, 0.5) is 0 Å². The third-order valence-electron chi connectivity index (χ3n) is 3.49. The second-order valence-corrected chi connectivity index (χ2v) is 7.34. The van der Waals surface area contributed by atoms with E-state index in [0.29, 0.717) is 12.1 Å². The first-order valence-corrected chi connectivity index (χ1v) is 9.35. The molecule has 0 aromatic carbocycles. The molecule has 2 aliphatic carbocycles. The fourth-order valence-corrected chi connectivity index (χ4v) is 3.63. The van der Waals surface area contributed by atoms with E-state index < -0.39 is 0 Å². The molecule has 2 heterocycles. The molecular weight excluding hydrogens is 320 g/mol. The summed E-state index contributed by atoms with van der Waals surface area (Å²) >= 11 is 3.35. The van der Waals surface area contributed by atoms with Crippen molar-refractivity contribution in [2.45, 2.75) is 48.1 Å². The molecule has 4 rings (SSSR count). The molecule has 0 radical (unpaired) electrons. The van der Waals surface area contributed by atoms with Gasteiger partial charge in [0.25, 0.3) is 0 Å². The molecule has 22 heavy (non-hydrogen) atoms. The van der Waals surface area contributed by atoms with Crippen LogP contribution in [0, 0.1) is 0 Å². The monoisotopic (exact) mass is 336 g/mol. The van der Waals surface area contributed by atoms with Crippen molar-refractivity contribution in [3.8, 4) is 0 Å². The molecule has 0 atom stereocenters. The zero-order chi connectivity index (χ0) is 14.8. The van der Waals surface area contributed by atoms with Crippen molar-refractivity contribution in [2.24, 2.45) is 0 Å². The number of thioether (sulfide) groups is 2. The number of hydrogen-bond acceptors (Lipinski definition) is 8. The summed E-state index contributed by atoms with van der Waals surface area (Å²) in [6.07, 6.45) is 9.08. The van der Waals surface area contributed by atoms with E-state index in [1.165, 1.54) is 25.7 Å². The van der Waals surface area contributed by atoms with E-state index in [0.717, 1.165) is 21.8 Å². The maximum absolute atomic E-state index is 4.07. The van der Waals surface area contributed by atoms with Crippen LogP contribution in [0.25, 0.3) is 0 Å². The minimum absolute atomic E-state index is 0.526. The summed E-state index contributed by atoms with van der Waals surface area (Å²) in [5, 5.41) is 25.6. The topological polar surface area (TPSA) is 87.2 Å². The highest BCUT2D eigenvalue weighted by Gasteiger charge is 2.28. The highest BCUT2D eigenvalue weighted by atomic mass is 32.2. The van der Waals surface area contributed by atoms with Gasteiger partial charge >= 0.3 is 0 Å². The summed E-state index contributed by atoms with van der Waals surface area (Å²) in [4.78, 5) is 0. The fourth-order valence-electron chi connectivity index (χ4n) is 2.04. The Bertz CT molecular complexity index is 601. The zero-order valence-electron chi connectivity index (χ0n) is 11.9. The van der Waals surface area contributed by atoms with E-state index in [2.05, 4.69) is 43.2 Å². The van der Waals surface area contributed by atoms with Gasteiger partial charge in [-0.15, -0.1) is 10.2 Å². The van der Waals surface area contributed by atoms with Crippen LogP contribution in [0.5, 0.6) is 0 Å². The molecule has 8 nitrogen and oxygen atoms in total. The van der Waals surface area contributed by atoms with Crippen LogP contribution >= 0.6 is 23.5 Å². The van der Waals surface area contributed by atoms with Crippen molar-refractivity contribution in [1.82, 2.24) is 40.4 Å². The summed E-state index contributed by atoms with van der Waals surface area (Å²) in [6.45, 7) is 0. The smallest absolute Gasteiger partial charge is 0.209 e. The first-order chi connectivity index (χ1) is 10.9. The first kappa shape index (κ1) is 14.2. The third-order valence-corrected chi connectivity index (χ3v) is 5.27. The van der Waals surface area contributed by atoms with Gasteiger partial charge in [0.05, 0.1) is 12.1 Å². The van der Waals surface area contributed by atoms with Crippen molar-refractivity contribution in [3.63, 3.8) is 0 Å². The van der Waals surface area contributed by atoms with Gasteiger partial charge in [0.1, 0.15) is 0 Å². The molecule has 2 fully saturated rings. The van der Waals surface area contributed by atoms with Crippen LogP contribution in [0.15, 0.2) is 22.5 Å². The van der Waals surface area contributed by atoms with Crippen molar-refractivity contribution in [3.05, 3.63) is 12.2 Å². The van der Waals surface area contributed by atoms with Crippen molar-refractivity contribution in [2.75, 3.05) is 11.5 Å². The molecule has 0 N–H and O–H groups in total. The van der Waals surface area contributed by atoms with Gasteiger partial charge in [-0.25, -0.2) is 9.36 Å². The Balaban J connectivity index is 1.21. The summed E-state index contributed by atoms with van der Waals surface area (Å²) in [5.74, 6) is 1.75. The van der Waals surface area contributed by atoms with E-state index >= 15 is 0 Å². The molecule has 2 aromatic rings. The second kappa shape index (κ2) is 6.37. The average Bonchev–Trinajstić information content (AvgIpc) is 3.46. The average molecular weight is 336 g/mol. The van der Waals surface area contributed by atoms with Crippen LogP contribution in [0.2, 0.25) is 0 Å². The molecule has 116 valence electrons. The third kappa shape index (κ3) is 3.32. The van der Waals surface area contributed by atoms with Gasteiger partial charge in [-0.05, 0) is 46.5 Å². The Morgan fingerprint density at radius 1 is 0.818 bits per heavy atom. The Hall–Kier alpha value is -1.42. The van der Waals surface area contributed by atoms with Crippen LogP contribution in [-0.2, 0) is 0 Å². The Morgan fingerprint density at radius 2 is 1.27 bits per heavy atom. The Kier molecular flexibility index (Phi) is 4.11. The normalized spacial score (nSPS) is 18.4. The predicted molar refractivity (Wildman–Crippen MR) is 82.8 cm³/mol. The van der Waals surface area contributed by atoms with E-state index in [1.54, 1.807) is 23.5 Å². The molecule has 10 heteroatoms. The first-order valence-electron chi connectivity index (χ1n) is 7.38. The van der Waals surface area contributed by atoms with Gasteiger partial charge in [0.15, 0.2) is 0 Å². The van der Waals surface area contributed by atoms with Crippen LogP contribution in [0.3, 0.4) is 0 Å². The summed E-state index contributed by atoms with van der Waals surface area (Å²) in [6, 6.07) is 1.05. The molecule has 0 bridgehead atoms. The van der Waals surface area contributed by atoms with Gasteiger partial charge in [-0.3, -0.25) is 0 Å². The van der Waals surface area contributed by atoms with E-state index in [1.807, 2.05) is 9.36 Å². The Morgan fingerprint density at radius 3 is 1.68 bits per heavy atom. The number of tetrazole rings is 2. The van der Waals surface area contributed by atoms with Gasteiger partial charge in [0.2, 0.25) is 10.3 Å². The summed E-state index contributed by atoms with van der Waals surface area (Å²) < 4.78 is 3.88. The molecule has 2 aromatic heterocycles. The van der Waals surface area contributed by atoms with Gasteiger partial charge in [0, 0.05) is 11.5 Å². The lowest BCUT2D eigenvalue weighted by atomic mass is 10.6. The fraction of sp³-hybridized carbons (Fsp3) is 0.667. The minimum Gasteiger partial charge on any atom is -0.217 e. The lowest BCUT2D eigenvalue weighted by Gasteiger charge is -2.00. The molecule has 0 amide bonds. The number of nitrogens with zero attached hydrogens (tertiary/aromatic N) is 8. The summed E-state index contributed by atoms with van der Waals surface area (Å²) in [5.41, 5.74) is 0. The second-order valence-electron chi connectivity index (χ2n) is 5.37. The maximum atomic E-state index is 4.07. The lowest BCUT2D eigenvalue weighted by molar-refractivity contribution is 0.565. The molecule has 2 aliphatic rings. The highest BCUT2D eigenvalue weighted by molar-refractivity contribution is 7.99. The quantitative estimate of drug-likeness (QED) is 0.532. The number of rotatable bonds is 8. The SMILES string of the molecule is C(=C\CSc1nnnn1C1CC1)/CSc1nnnn1C1CC1. The highest BCUT2D eigenvalue weighted by Crippen LogP contribution is 2.37. The van der Waals surface area contributed by atoms with Gasteiger partial charge in [-0.1, -0.05) is 35.7 Å². The molecule has 0 saturated heterocycles. The summed E-state index contributed by atoms with van der Waals surface area (Å²) in [7, 11) is 0. The molecule has 0 spiro atoms. The lowest BCUT2D eigenvalue weighted by Crippen LogP contribution is -1.99. The van der Waals surface area contributed by atoms with Crippen molar-refractivity contribution < 1.29 is 0 Å². The molecule has 0 unspecified atom stereocenters. The van der Waals surface area contributed by atoms with E-state index in [4.69, 9.17) is 0 Å². The van der Waals surface area contributed by atoms with E-state index in [-0.39, 0.29) is 0 Å².